The minimum atomic E-state index is -4.06. The zero-order valence-electron chi connectivity index (χ0n) is 12.1. The van der Waals surface area contributed by atoms with Gasteiger partial charge in [-0.3, -0.25) is 13.7 Å². The van der Waals surface area contributed by atoms with E-state index in [0.29, 0.717) is 19.3 Å². The predicted molar refractivity (Wildman–Crippen MR) is 78.0 cm³/mol. The molecule has 0 bridgehead atoms. The van der Waals surface area contributed by atoms with Crippen LogP contribution in [0.2, 0.25) is 0 Å². The van der Waals surface area contributed by atoms with Crippen molar-refractivity contribution < 1.29 is 31.8 Å². The lowest BCUT2D eigenvalue weighted by molar-refractivity contribution is 0.257. The maximum Gasteiger partial charge on any atom is 0.353 e. The Morgan fingerprint density at radius 3 is 1.70 bits per heavy atom. The largest absolute Gasteiger partial charge is 0.353 e. The molecule has 0 radical (unpaired) electrons. The Kier molecular flexibility index (Phi) is 9.03. The summed E-state index contributed by atoms with van der Waals surface area (Å²) in [4.78, 5) is 9.60. The van der Waals surface area contributed by atoms with Crippen LogP contribution < -0.4 is 5.90 Å². The smallest absolute Gasteiger partial charge is 0.324 e. The third-order valence-electron chi connectivity index (χ3n) is 2.16. The molecule has 0 rings (SSSR count). The van der Waals surface area contributed by atoms with Gasteiger partial charge in [0.25, 0.3) is 0 Å². The van der Waals surface area contributed by atoms with Crippen molar-refractivity contribution in [1.29, 1.82) is 0 Å². The van der Waals surface area contributed by atoms with Crippen LogP contribution in [0.5, 0.6) is 0 Å². The van der Waals surface area contributed by atoms with Gasteiger partial charge in [-0.1, -0.05) is 20.8 Å². The van der Waals surface area contributed by atoms with Crippen LogP contribution >= 0.6 is 22.8 Å². The number of hydrogen-bond donors (Lipinski definition) is 2. The summed E-state index contributed by atoms with van der Waals surface area (Å²) in [5.41, 5.74) is 0. The highest BCUT2D eigenvalue weighted by molar-refractivity contribution is 7.72. The molecule has 0 aromatic carbocycles. The normalized spacial score (nSPS) is 20.9. The summed E-state index contributed by atoms with van der Waals surface area (Å²) in [6, 6.07) is 0. The summed E-state index contributed by atoms with van der Waals surface area (Å²) in [5, 5.41) is 0. The van der Waals surface area contributed by atoms with Crippen molar-refractivity contribution in [2.45, 2.75) is 40.0 Å². The van der Waals surface area contributed by atoms with Crippen LogP contribution in [-0.2, 0) is 26.9 Å². The Morgan fingerprint density at radius 2 is 1.30 bits per heavy atom. The van der Waals surface area contributed by atoms with Gasteiger partial charge >= 0.3 is 22.8 Å². The molecule has 0 aromatic rings. The van der Waals surface area contributed by atoms with Gasteiger partial charge in [0.2, 0.25) is 0 Å². The van der Waals surface area contributed by atoms with E-state index in [4.69, 9.17) is 14.5 Å². The molecule has 0 amide bonds. The van der Waals surface area contributed by atoms with Gasteiger partial charge < -0.3 is 4.89 Å². The van der Waals surface area contributed by atoms with E-state index in [1.165, 1.54) is 0 Å². The molecule has 0 aromatic heterocycles. The van der Waals surface area contributed by atoms with Crippen molar-refractivity contribution in [3.63, 3.8) is 0 Å². The molecule has 122 valence electrons. The first kappa shape index (κ1) is 20.5. The van der Waals surface area contributed by atoms with Crippen LogP contribution in [0.1, 0.15) is 40.0 Å². The van der Waals surface area contributed by atoms with Crippen molar-refractivity contribution in [2.75, 3.05) is 18.5 Å². The molecular weight excluding hydrogens is 327 g/mol. The minimum Gasteiger partial charge on any atom is -0.324 e. The van der Waals surface area contributed by atoms with E-state index in [1.54, 1.807) is 20.8 Å². The fourth-order valence-corrected chi connectivity index (χ4v) is 8.15. The maximum atomic E-state index is 12.5. The molecule has 0 heterocycles. The Balaban J connectivity index is 5.15. The van der Waals surface area contributed by atoms with Crippen LogP contribution in [0.4, 0.5) is 0 Å². The number of rotatable bonds is 11. The van der Waals surface area contributed by atoms with Gasteiger partial charge in [0.1, 0.15) is 0 Å². The summed E-state index contributed by atoms with van der Waals surface area (Å²) >= 11 is 0. The molecule has 0 saturated carbocycles. The second-order valence-corrected chi connectivity index (χ2v) is 10.9. The van der Waals surface area contributed by atoms with E-state index in [1.807, 2.05) is 0 Å². The molecule has 0 aliphatic carbocycles. The van der Waals surface area contributed by atoms with Gasteiger partial charge in [-0.15, -0.1) is 0 Å². The van der Waals surface area contributed by atoms with Crippen LogP contribution in [0, 0.1) is 0 Å². The summed E-state index contributed by atoms with van der Waals surface area (Å²) in [5.74, 6) is 4.92. The maximum absolute atomic E-state index is 12.5. The van der Waals surface area contributed by atoms with Crippen LogP contribution in [0.3, 0.4) is 0 Å². The first-order valence-electron chi connectivity index (χ1n) is 6.47. The average Bonchev–Trinajstić information content (AvgIpc) is 2.27. The number of hydrogen-bond acceptors (Lipinski definition) is 7. The molecule has 0 spiro atoms. The highest BCUT2D eigenvalue weighted by atomic mass is 31.3. The lowest BCUT2D eigenvalue weighted by Gasteiger charge is -2.24. The highest BCUT2D eigenvalue weighted by Gasteiger charge is 2.40. The van der Waals surface area contributed by atoms with Crippen molar-refractivity contribution in [3.8, 4) is 0 Å². The SMILES string of the molecule is CCCP(=O)(O)OP(=O)(CCC)OP(=O)(CCC)ON. The Hall–Kier alpha value is 0.490. The second kappa shape index (κ2) is 8.82. The Bertz CT molecular complexity index is 428. The van der Waals surface area contributed by atoms with Crippen molar-refractivity contribution in [2.24, 2.45) is 5.90 Å². The fourth-order valence-electron chi connectivity index (χ4n) is 1.46. The molecule has 11 heteroatoms. The fraction of sp³-hybridized carbons (Fsp3) is 1.00. The molecule has 0 aliphatic heterocycles. The molecule has 0 aliphatic rings. The lowest BCUT2D eigenvalue weighted by Crippen LogP contribution is -2.06. The number of nitrogens with two attached hydrogens (primary N) is 1. The average molecular weight is 351 g/mol. The third-order valence-corrected chi connectivity index (χ3v) is 9.49. The summed E-state index contributed by atoms with van der Waals surface area (Å²) in [6.07, 6.45) is 0.806. The van der Waals surface area contributed by atoms with Gasteiger partial charge in [-0.05, 0) is 19.3 Å². The van der Waals surface area contributed by atoms with E-state index in [2.05, 4.69) is 4.62 Å². The lowest BCUT2D eigenvalue weighted by atomic mass is 10.6. The zero-order chi connectivity index (χ0) is 15.9. The Labute approximate surface area is 119 Å². The summed E-state index contributed by atoms with van der Waals surface area (Å²) in [7, 11) is -11.9. The quantitative estimate of drug-likeness (QED) is 0.426. The van der Waals surface area contributed by atoms with Gasteiger partial charge in [-0.2, -0.15) is 0 Å². The standard InChI is InChI=1S/C9H24NO7P3/c1-4-7-18(11,12)16-20(14,9-6-3)17-19(13,15-10)8-5-2/h4-10H2,1-3H3,(H,11,12). The third kappa shape index (κ3) is 7.48. The van der Waals surface area contributed by atoms with E-state index in [0.717, 1.165) is 0 Å². The monoisotopic (exact) mass is 351 g/mol. The van der Waals surface area contributed by atoms with Gasteiger partial charge in [0.15, 0.2) is 0 Å². The van der Waals surface area contributed by atoms with Crippen molar-refractivity contribution in [1.82, 2.24) is 0 Å². The Morgan fingerprint density at radius 1 is 0.850 bits per heavy atom. The molecule has 0 fully saturated rings. The molecule has 3 atom stereocenters. The van der Waals surface area contributed by atoms with E-state index < -0.39 is 22.8 Å². The summed E-state index contributed by atoms with van der Waals surface area (Å²) < 4.78 is 50.4. The molecule has 20 heavy (non-hydrogen) atoms. The zero-order valence-corrected chi connectivity index (χ0v) is 14.7. The predicted octanol–water partition coefficient (Wildman–Crippen LogP) is 3.71. The topological polar surface area (TPSA) is 125 Å². The minimum absolute atomic E-state index is 0.0515. The molecular formula is C9H24NO7P3. The molecule has 3 N–H and O–H groups in total. The van der Waals surface area contributed by atoms with Crippen LogP contribution in [0.25, 0.3) is 0 Å². The second-order valence-electron chi connectivity index (χ2n) is 4.30. The van der Waals surface area contributed by atoms with E-state index >= 15 is 0 Å². The highest BCUT2D eigenvalue weighted by Crippen LogP contribution is 2.70. The van der Waals surface area contributed by atoms with Gasteiger partial charge in [0, 0.05) is 0 Å². The molecule has 3 unspecified atom stereocenters. The van der Waals surface area contributed by atoms with Gasteiger partial charge in [0.05, 0.1) is 18.5 Å². The van der Waals surface area contributed by atoms with Crippen LogP contribution in [-0.4, -0.2) is 23.4 Å². The van der Waals surface area contributed by atoms with E-state index in [-0.39, 0.29) is 18.5 Å². The summed E-state index contributed by atoms with van der Waals surface area (Å²) in [6.45, 7) is 5.09. The first-order valence-corrected chi connectivity index (χ1v) is 11.7. The molecule has 8 nitrogen and oxygen atoms in total. The first-order chi connectivity index (χ1) is 9.16. The van der Waals surface area contributed by atoms with E-state index in [9.17, 15) is 18.6 Å². The molecule has 0 saturated heterocycles. The van der Waals surface area contributed by atoms with Crippen molar-refractivity contribution in [3.05, 3.63) is 0 Å². The van der Waals surface area contributed by atoms with Crippen LogP contribution in [0.15, 0.2) is 0 Å². The van der Waals surface area contributed by atoms with Crippen molar-refractivity contribution >= 4 is 22.8 Å². The van der Waals surface area contributed by atoms with Gasteiger partial charge in [-0.25, -0.2) is 19.1 Å².